The van der Waals surface area contributed by atoms with E-state index in [1.165, 1.54) is 41.3 Å². The lowest BCUT2D eigenvalue weighted by Crippen LogP contribution is -2.31. The Labute approximate surface area is 215 Å². The van der Waals surface area contributed by atoms with Crippen molar-refractivity contribution in [3.63, 3.8) is 0 Å². The maximum absolute atomic E-state index is 14.2. The Morgan fingerprint density at radius 2 is 1.92 bits per heavy atom. The molecule has 0 spiro atoms. The number of rotatable bonds is 7. The lowest BCUT2D eigenvalue weighted by molar-refractivity contribution is -0.384. The summed E-state index contributed by atoms with van der Waals surface area (Å²) in [5, 5.41) is 23.3. The zero-order chi connectivity index (χ0) is 27.0. The molecular weight excluding hydrogens is 493 g/mol. The zero-order valence-corrected chi connectivity index (χ0v) is 20.2. The second kappa shape index (κ2) is 9.81. The molecule has 0 saturated carbocycles. The monoisotopic (exact) mass is 515 g/mol. The van der Waals surface area contributed by atoms with Crippen molar-refractivity contribution in [2.24, 2.45) is 0 Å². The van der Waals surface area contributed by atoms with E-state index in [1.807, 2.05) is 18.2 Å². The summed E-state index contributed by atoms with van der Waals surface area (Å²) >= 11 is 0. The number of carbonyl (C=O) groups excluding carboxylic acids is 2. The maximum Gasteiger partial charge on any atom is 0.295 e. The number of nitrogens with one attached hydrogen (secondary N) is 1. The predicted octanol–water partition coefficient (Wildman–Crippen LogP) is 4.89. The number of Topliss-reactive ketones (excluding diaryl/α,β-unsaturated/α-hetero) is 1. The molecule has 10 heteroatoms. The fourth-order valence-electron chi connectivity index (χ4n) is 4.79. The number of fused-ring (bicyclic) bond motifs is 1. The molecule has 5 rings (SSSR count). The number of benzene rings is 3. The van der Waals surface area contributed by atoms with Crippen LogP contribution in [0.4, 0.5) is 10.1 Å². The van der Waals surface area contributed by atoms with Crippen molar-refractivity contribution in [3.05, 3.63) is 111 Å². The smallest absolute Gasteiger partial charge is 0.295 e. The van der Waals surface area contributed by atoms with Crippen molar-refractivity contribution in [2.75, 3.05) is 13.7 Å². The van der Waals surface area contributed by atoms with Gasteiger partial charge in [-0.05, 0) is 47.9 Å². The van der Waals surface area contributed by atoms with Crippen LogP contribution in [0, 0.1) is 15.9 Å². The van der Waals surface area contributed by atoms with Crippen LogP contribution in [0.5, 0.6) is 5.75 Å². The molecule has 2 heterocycles. The molecule has 1 fully saturated rings. The highest BCUT2D eigenvalue weighted by Gasteiger charge is 2.46. The van der Waals surface area contributed by atoms with Crippen LogP contribution < -0.4 is 4.74 Å². The first-order chi connectivity index (χ1) is 18.3. The van der Waals surface area contributed by atoms with Gasteiger partial charge in [0.1, 0.15) is 17.3 Å². The number of methoxy groups -OCH3 is 1. The number of non-ortho nitro benzene ring substituents is 1. The SMILES string of the molecule is COc1ccc2[nH]cc(CCN3C(=O)C(=O)C(=C(O)c4cccc([N+](=O)[O-])c4)[C@H]3c3cccc(F)c3)c2c1. The lowest BCUT2D eigenvalue weighted by Gasteiger charge is -2.25. The summed E-state index contributed by atoms with van der Waals surface area (Å²) in [6.07, 6.45) is 2.16. The lowest BCUT2D eigenvalue weighted by atomic mass is 9.95. The van der Waals surface area contributed by atoms with E-state index in [1.54, 1.807) is 19.4 Å². The fourth-order valence-corrected chi connectivity index (χ4v) is 4.79. The molecule has 38 heavy (non-hydrogen) atoms. The Bertz CT molecular complexity index is 1630. The molecule has 1 saturated heterocycles. The Morgan fingerprint density at radius 3 is 2.66 bits per heavy atom. The van der Waals surface area contributed by atoms with Gasteiger partial charge in [0.2, 0.25) is 0 Å². The van der Waals surface area contributed by atoms with E-state index in [2.05, 4.69) is 4.98 Å². The first-order valence-electron chi connectivity index (χ1n) is 11.7. The largest absolute Gasteiger partial charge is 0.507 e. The van der Waals surface area contributed by atoms with E-state index in [0.717, 1.165) is 22.5 Å². The molecule has 0 aliphatic carbocycles. The van der Waals surface area contributed by atoms with E-state index in [0.29, 0.717) is 12.2 Å². The summed E-state index contributed by atoms with van der Waals surface area (Å²) in [5.41, 5.74) is 1.48. The Kier molecular flexibility index (Phi) is 6.38. The third-order valence-corrected chi connectivity index (χ3v) is 6.63. The van der Waals surface area contributed by atoms with E-state index >= 15 is 0 Å². The standard InChI is InChI=1S/C28H22FN3O6/c1-38-21-8-9-23-22(14-21)18(15-30-23)10-11-31-25(16-4-2-6-19(29)12-16)24(27(34)28(31)35)26(33)17-5-3-7-20(13-17)32(36)37/h2-9,12-15,25,30,33H,10-11H2,1H3/t25-/m1/s1. The predicted molar refractivity (Wildman–Crippen MR) is 137 cm³/mol. The fraction of sp³-hybridized carbons (Fsp3) is 0.143. The van der Waals surface area contributed by atoms with Crippen molar-refractivity contribution in [2.45, 2.75) is 12.5 Å². The van der Waals surface area contributed by atoms with Crippen LogP contribution in [0.3, 0.4) is 0 Å². The summed E-state index contributed by atoms with van der Waals surface area (Å²) in [4.78, 5) is 41.5. The molecule has 1 aliphatic rings. The number of hydrogen-bond donors (Lipinski definition) is 2. The number of hydrogen-bond acceptors (Lipinski definition) is 6. The van der Waals surface area contributed by atoms with E-state index in [-0.39, 0.29) is 28.9 Å². The van der Waals surface area contributed by atoms with Crippen molar-refractivity contribution in [1.29, 1.82) is 0 Å². The maximum atomic E-state index is 14.2. The molecule has 0 radical (unpaired) electrons. The molecule has 1 amide bonds. The highest BCUT2D eigenvalue weighted by molar-refractivity contribution is 6.46. The number of halogens is 1. The van der Waals surface area contributed by atoms with E-state index < -0.39 is 34.2 Å². The topological polar surface area (TPSA) is 126 Å². The minimum atomic E-state index is -1.09. The molecule has 3 aromatic carbocycles. The number of aromatic amines is 1. The third kappa shape index (κ3) is 4.36. The quantitative estimate of drug-likeness (QED) is 0.119. The number of carbonyl (C=O) groups is 2. The van der Waals surface area contributed by atoms with Gasteiger partial charge in [-0.25, -0.2) is 4.39 Å². The molecule has 1 atom stereocenters. The Balaban J connectivity index is 1.57. The summed E-state index contributed by atoms with van der Waals surface area (Å²) in [6, 6.07) is 15.0. The summed E-state index contributed by atoms with van der Waals surface area (Å²) in [7, 11) is 1.56. The number of aliphatic hydroxyl groups excluding tert-OH is 1. The normalized spacial score (nSPS) is 16.8. The molecule has 2 N–H and O–H groups in total. The van der Waals surface area contributed by atoms with Gasteiger partial charge < -0.3 is 19.7 Å². The van der Waals surface area contributed by atoms with Crippen molar-refractivity contribution in [3.8, 4) is 5.75 Å². The highest BCUT2D eigenvalue weighted by Crippen LogP contribution is 2.40. The number of ether oxygens (including phenoxy) is 1. The zero-order valence-electron chi connectivity index (χ0n) is 20.2. The summed E-state index contributed by atoms with van der Waals surface area (Å²) in [5.74, 6) is -2.30. The van der Waals surface area contributed by atoms with Crippen LogP contribution in [0.25, 0.3) is 16.7 Å². The molecule has 4 aromatic rings. The summed E-state index contributed by atoms with van der Waals surface area (Å²) < 4.78 is 19.5. The highest BCUT2D eigenvalue weighted by atomic mass is 19.1. The number of aromatic nitrogens is 1. The van der Waals surface area contributed by atoms with Gasteiger partial charge in [-0.15, -0.1) is 0 Å². The van der Waals surface area contributed by atoms with Crippen LogP contribution in [-0.4, -0.2) is 45.3 Å². The number of likely N-dealkylation sites (tertiary alicyclic amines) is 1. The molecule has 9 nitrogen and oxygen atoms in total. The van der Waals surface area contributed by atoms with Gasteiger partial charge in [0.05, 0.1) is 23.6 Å². The molecule has 1 aromatic heterocycles. The molecule has 0 unspecified atom stereocenters. The minimum Gasteiger partial charge on any atom is -0.507 e. The number of nitro benzene ring substituents is 1. The van der Waals surface area contributed by atoms with Crippen LogP contribution in [-0.2, 0) is 16.0 Å². The average Bonchev–Trinajstić information content (AvgIpc) is 3.44. The van der Waals surface area contributed by atoms with Crippen molar-refractivity contribution < 1.29 is 28.7 Å². The first kappa shape index (κ1) is 24.7. The van der Waals surface area contributed by atoms with Gasteiger partial charge in [-0.2, -0.15) is 0 Å². The van der Waals surface area contributed by atoms with Crippen LogP contribution >= 0.6 is 0 Å². The second-order valence-electron chi connectivity index (χ2n) is 8.83. The van der Waals surface area contributed by atoms with Gasteiger partial charge in [-0.3, -0.25) is 19.7 Å². The van der Waals surface area contributed by atoms with Crippen molar-refractivity contribution >= 4 is 34.0 Å². The number of ketones is 1. The van der Waals surface area contributed by atoms with Gasteiger partial charge in [0.15, 0.2) is 0 Å². The van der Waals surface area contributed by atoms with Crippen LogP contribution in [0.2, 0.25) is 0 Å². The first-order valence-corrected chi connectivity index (χ1v) is 11.7. The van der Waals surface area contributed by atoms with E-state index in [4.69, 9.17) is 4.74 Å². The molecule has 1 aliphatic heterocycles. The number of nitro groups is 1. The third-order valence-electron chi connectivity index (χ3n) is 6.63. The number of H-pyrrole nitrogens is 1. The number of amides is 1. The van der Waals surface area contributed by atoms with Gasteiger partial charge in [0, 0.05) is 41.3 Å². The summed E-state index contributed by atoms with van der Waals surface area (Å²) in [6.45, 7) is 0.0850. The van der Waals surface area contributed by atoms with E-state index in [9.17, 15) is 29.2 Å². The number of aliphatic hydroxyl groups is 1. The van der Waals surface area contributed by atoms with Crippen molar-refractivity contribution in [1.82, 2.24) is 9.88 Å². The second-order valence-corrected chi connectivity index (χ2v) is 8.83. The van der Waals surface area contributed by atoms with Crippen LogP contribution in [0.1, 0.15) is 22.7 Å². The molecule has 192 valence electrons. The van der Waals surface area contributed by atoms with Gasteiger partial charge in [-0.1, -0.05) is 24.3 Å². The van der Waals surface area contributed by atoms with Crippen LogP contribution in [0.15, 0.2) is 78.5 Å². The molecule has 0 bridgehead atoms. The minimum absolute atomic E-state index is 0.00215. The Morgan fingerprint density at radius 1 is 1.13 bits per heavy atom. The Hall–Kier alpha value is -4.99. The van der Waals surface area contributed by atoms with Gasteiger partial charge >= 0.3 is 0 Å². The number of nitrogens with zero attached hydrogens (tertiary/aromatic N) is 2. The van der Waals surface area contributed by atoms with Gasteiger partial charge in [0.25, 0.3) is 17.4 Å². The average molecular weight is 515 g/mol. The molecular formula is C28H22FN3O6.